The van der Waals surface area contributed by atoms with Gasteiger partial charge < -0.3 is 19.9 Å². The van der Waals surface area contributed by atoms with Gasteiger partial charge in [-0.25, -0.2) is 0 Å². The zero-order valence-electron chi connectivity index (χ0n) is 10.9. The number of benzene rings is 1. The van der Waals surface area contributed by atoms with E-state index in [1.165, 1.54) is 0 Å². The van der Waals surface area contributed by atoms with Crippen molar-refractivity contribution >= 4 is 12.4 Å². The van der Waals surface area contributed by atoms with E-state index in [9.17, 15) is 0 Å². The van der Waals surface area contributed by atoms with E-state index in [1.54, 1.807) is 27.4 Å². The van der Waals surface area contributed by atoms with E-state index in [0.717, 1.165) is 5.56 Å². The lowest BCUT2D eigenvalue weighted by Crippen LogP contribution is -2.10. The maximum atomic E-state index is 6.02. The number of nitrogens with two attached hydrogens (primary N) is 1. The van der Waals surface area contributed by atoms with E-state index in [0.29, 0.717) is 23.7 Å². The maximum absolute atomic E-state index is 6.02. The van der Waals surface area contributed by atoms with Gasteiger partial charge in [-0.3, -0.25) is 0 Å². The highest BCUT2D eigenvalue weighted by molar-refractivity contribution is 5.85. The van der Waals surface area contributed by atoms with Gasteiger partial charge in [0.05, 0.1) is 21.3 Å². The Morgan fingerprint density at radius 3 is 2.00 bits per heavy atom. The molecule has 0 aliphatic heterocycles. The Balaban J connectivity index is 0.00000289. The second kappa shape index (κ2) is 7.84. The Bertz CT molecular complexity index is 371. The fourth-order valence-electron chi connectivity index (χ4n) is 1.63. The van der Waals surface area contributed by atoms with Crippen LogP contribution >= 0.6 is 12.4 Å². The van der Waals surface area contributed by atoms with E-state index in [-0.39, 0.29) is 18.4 Å². The molecule has 18 heavy (non-hydrogen) atoms. The molecule has 0 saturated carbocycles. The third-order valence-electron chi connectivity index (χ3n) is 2.54. The van der Waals surface area contributed by atoms with Crippen LogP contribution in [0.2, 0.25) is 0 Å². The van der Waals surface area contributed by atoms with E-state index < -0.39 is 0 Å². The molecule has 0 fully saturated rings. The Labute approximate surface area is 114 Å². The molecule has 1 atom stereocenters. The van der Waals surface area contributed by atoms with Crippen molar-refractivity contribution in [2.75, 3.05) is 21.3 Å². The van der Waals surface area contributed by atoms with Gasteiger partial charge in [0.25, 0.3) is 0 Å². The number of halogens is 1. The molecule has 0 aliphatic rings. The maximum Gasteiger partial charge on any atom is 0.203 e. The highest BCUT2D eigenvalue weighted by Gasteiger charge is 2.15. The number of hydrogen-bond acceptors (Lipinski definition) is 4. The van der Waals surface area contributed by atoms with Crippen molar-refractivity contribution in [3.05, 3.63) is 30.4 Å². The van der Waals surface area contributed by atoms with Crippen LogP contribution in [0.15, 0.2) is 24.8 Å². The van der Waals surface area contributed by atoms with Gasteiger partial charge in [-0.15, -0.1) is 19.0 Å². The Morgan fingerprint density at radius 1 is 1.17 bits per heavy atom. The lowest BCUT2D eigenvalue weighted by molar-refractivity contribution is 0.323. The monoisotopic (exact) mass is 273 g/mol. The summed E-state index contributed by atoms with van der Waals surface area (Å²) < 4.78 is 15.8. The first-order valence-corrected chi connectivity index (χ1v) is 5.34. The molecule has 0 heterocycles. The van der Waals surface area contributed by atoms with Crippen LogP contribution in [0, 0.1) is 0 Å². The molecule has 0 aliphatic carbocycles. The highest BCUT2D eigenvalue weighted by atomic mass is 35.5. The zero-order chi connectivity index (χ0) is 12.8. The molecule has 0 amide bonds. The summed E-state index contributed by atoms with van der Waals surface area (Å²) in [6.45, 7) is 3.68. The topological polar surface area (TPSA) is 53.7 Å². The molecule has 102 valence electrons. The standard InChI is InChI=1S/C13H19NO3.ClH/c1-5-6-10(14)9-7-11(15-2)13(17-4)12(8-9)16-3;/h5,7-8,10H,1,6,14H2,2-4H3;1H/t10-;/m1./s1. The molecule has 1 aromatic carbocycles. The molecule has 0 radical (unpaired) electrons. The van der Waals surface area contributed by atoms with Crippen molar-refractivity contribution in [3.8, 4) is 17.2 Å². The van der Waals surface area contributed by atoms with Gasteiger partial charge in [0.15, 0.2) is 11.5 Å². The third-order valence-corrected chi connectivity index (χ3v) is 2.54. The molecule has 0 aromatic heterocycles. The first kappa shape index (κ1) is 16.6. The predicted molar refractivity (Wildman–Crippen MR) is 75.1 cm³/mol. The summed E-state index contributed by atoms with van der Waals surface area (Å²) in [4.78, 5) is 0. The first-order chi connectivity index (χ1) is 8.17. The van der Waals surface area contributed by atoms with Crippen LogP contribution in [0.5, 0.6) is 17.2 Å². The minimum atomic E-state index is -0.124. The molecular formula is C13H20ClNO3. The lowest BCUT2D eigenvalue weighted by Gasteiger charge is -2.16. The predicted octanol–water partition coefficient (Wildman–Crippen LogP) is 2.71. The Hall–Kier alpha value is -1.39. The van der Waals surface area contributed by atoms with Crippen LogP contribution < -0.4 is 19.9 Å². The zero-order valence-corrected chi connectivity index (χ0v) is 11.8. The molecule has 0 spiro atoms. The minimum absolute atomic E-state index is 0. The van der Waals surface area contributed by atoms with Crippen molar-refractivity contribution in [2.24, 2.45) is 5.73 Å². The summed E-state index contributed by atoms with van der Waals surface area (Å²) in [5, 5.41) is 0. The first-order valence-electron chi connectivity index (χ1n) is 5.34. The van der Waals surface area contributed by atoms with Gasteiger partial charge in [0.1, 0.15) is 0 Å². The van der Waals surface area contributed by atoms with Crippen LogP contribution in [0.1, 0.15) is 18.0 Å². The second-order valence-electron chi connectivity index (χ2n) is 3.59. The van der Waals surface area contributed by atoms with Gasteiger partial charge in [-0.1, -0.05) is 6.08 Å². The summed E-state index contributed by atoms with van der Waals surface area (Å²) in [5.41, 5.74) is 6.95. The van der Waals surface area contributed by atoms with Crippen LogP contribution in [-0.2, 0) is 0 Å². The van der Waals surface area contributed by atoms with Gasteiger partial charge in [0, 0.05) is 6.04 Å². The number of methoxy groups -OCH3 is 3. The average molecular weight is 274 g/mol. The third kappa shape index (κ3) is 3.55. The Kier molecular flexibility index (Phi) is 7.24. The summed E-state index contributed by atoms with van der Waals surface area (Å²) in [6.07, 6.45) is 2.48. The molecule has 1 rings (SSSR count). The summed E-state index contributed by atoms with van der Waals surface area (Å²) in [5.74, 6) is 1.80. The van der Waals surface area contributed by atoms with E-state index in [2.05, 4.69) is 6.58 Å². The lowest BCUT2D eigenvalue weighted by atomic mass is 10.0. The molecular weight excluding hydrogens is 254 g/mol. The van der Waals surface area contributed by atoms with Crippen LogP contribution in [-0.4, -0.2) is 21.3 Å². The highest BCUT2D eigenvalue weighted by Crippen LogP contribution is 2.39. The molecule has 2 N–H and O–H groups in total. The quantitative estimate of drug-likeness (QED) is 0.810. The van der Waals surface area contributed by atoms with Crippen LogP contribution in [0.4, 0.5) is 0 Å². The number of ether oxygens (including phenoxy) is 3. The number of hydrogen-bond donors (Lipinski definition) is 1. The van der Waals surface area contributed by atoms with Crippen molar-refractivity contribution in [1.29, 1.82) is 0 Å². The second-order valence-corrected chi connectivity index (χ2v) is 3.59. The van der Waals surface area contributed by atoms with E-state index in [4.69, 9.17) is 19.9 Å². The summed E-state index contributed by atoms with van der Waals surface area (Å²) in [6, 6.07) is 3.59. The van der Waals surface area contributed by atoms with E-state index in [1.807, 2.05) is 12.1 Å². The molecule has 0 unspecified atom stereocenters. The van der Waals surface area contributed by atoms with Crippen molar-refractivity contribution in [1.82, 2.24) is 0 Å². The number of rotatable bonds is 6. The normalized spacial score (nSPS) is 11.1. The van der Waals surface area contributed by atoms with E-state index >= 15 is 0 Å². The van der Waals surface area contributed by atoms with Crippen molar-refractivity contribution in [3.63, 3.8) is 0 Å². The fraction of sp³-hybridized carbons (Fsp3) is 0.385. The average Bonchev–Trinajstić information content (AvgIpc) is 2.37. The molecule has 0 bridgehead atoms. The van der Waals surface area contributed by atoms with Crippen molar-refractivity contribution < 1.29 is 14.2 Å². The molecule has 0 saturated heterocycles. The minimum Gasteiger partial charge on any atom is -0.493 e. The Morgan fingerprint density at radius 2 is 1.67 bits per heavy atom. The fourth-order valence-corrected chi connectivity index (χ4v) is 1.63. The van der Waals surface area contributed by atoms with Crippen LogP contribution in [0.3, 0.4) is 0 Å². The molecule has 1 aromatic rings. The molecule has 5 heteroatoms. The van der Waals surface area contributed by atoms with Gasteiger partial charge in [-0.05, 0) is 24.1 Å². The van der Waals surface area contributed by atoms with Crippen LogP contribution in [0.25, 0.3) is 0 Å². The van der Waals surface area contributed by atoms with Gasteiger partial charge in [-0.2, -0.15) is 0 Å². The van der Waals surface area contributed by atoms with Gasteiger partial charge in [0.2, 0.25) is 5.75 Å². The largest absolute Gasteiger partial charge is 0.493 e. The van der Waals surface area contributed by atoms with Gasteiger partial charge >= 0.3 is 0 Å². The smallest absolute Gasteiger partial charge is 0.203 e. The SMILES string of the molecule is C=CC[C@@H](N)c1cc(OC)c(OC)c(OC)c1.Cl. The summed E-state index contributed by atoms with van der Waals surface area (Å²) >= 11 is 0. The summed E-state index contributed by atoms with van der Waals surface area (Å²) in [7, 11) is 4.74. The molecule has 4 nitrogen and oxygen atoms in total. The van der Waals surface area contributed by atoms with Crippen molar-refractivity contribution in [2.45, 2.75) is 12.5 Å².